The molecule has 0 bridgehead atoms. The average Bonchev–Trinajstić information content (AvgIpc) is 2.52. The van der Waals surface area contributed by atoms with Crippen molar-refractivity contribution in [1.29, 1.82) is 0 Å². The Hall–Kier alpha value is -1.44. The minimum absolute atomic E-state index is 0.104. The number of nitrogens with zero attached hydrogens (tertiary/aromatic N) is 1. The molecule has 2 atom stereocenters. The highest BCUT2D eigenvalue weighted by Gasteiger charge is 2.41. The van der Waals surface area contributed by atoms with Gasteiger partial charge < -0.3 is 10.1 Å². The van der Waals surface area contributed by atoms with Crippen molar-refractivity contribution < 1.29 is 17.9 Å². The van der Waals surface area contributed by atoms with Gasteiger partial charge in [-0.3, -0.25) is 4.79 Å². The lowest BCUT2D eigenvalue weighted by Crippen LogP contribution is -2.49. The van der Waals surface area contributed by atoms with E-state index in [9.17, 15) is 13.2 Å². The van der Waals surface area contributed by atoms with Gasteiger partial charge >= 0.3 is 0 Å². The molecule has 2 saturated heterocycles. The molecule has 0 saturated carbocycles. The fourth-order valence-electron chi connectivity index (χ4n) is 3.48. The summed E-state index contributed by atoms with van der Waals surface area (Å²) in [7, 11) is -3.49. The van der Waals surface area contributed by atoms with Crippen LogP contribution in [-0.2, 0) is 19.6 Å². The van der Waals surface area contributed by atoms with Crippen LogP contribution in [0.25, 0.3) is 0 Å². The molecule has 25 heavy (non-hydrogen) atoms. The molecule has 2 fully saturated rings. The van der Waals surface area contributed by atoms with E-state index in [4.69, 9.17) is 4.74 Å². The third kappa shape index (κ3) is 3.73. The summed E-state index contributed by atoms with van der Waals surface area (Å²) in [5, 5.41) is 2.83. The SMILES string of the molecule is CC1CC(C)CN(S(=O)(=O)c2ccc(NC(=O)C3(C)COC3)cc2)C1. The second-order valence-electron chi connectivity index (χ2n) is 7.80. The minimum Gasteiger partial charge on any atom is -0.379 e. The molecule has 2 aliphatic heterocycles. The highest BCUT2D eigenvalue weighted by Crippen LogP contribution is 2.29. The molecule has 2 heterocycles. The Kier molecular flexibility index (Phi) is 4.92. The van der Waals surface area contributed by atoms with E-state index in [0.29, 0.717) is 43.8 Å². The Bertz CT molecular complexity index is 731. The number of hydrogen-bond acceptors (Lipinski definition) is 4. The van der Waals surface area contributed by atoms with Gasteiger partial charge in [-0.25, -0.2) is 8.42 Å². The second-order valence-corrected chi connectivity index (χ2v) is 9.74. The van der Waals surface area contributed by atoms with Gasteiger partial charge in [0.15, 0.2) is 0 Å². The number of anilines is 1. The van der Waals surface area contributed by atoms with Crippen LogP contribution in [0.15, 0.2) is 29.2 Å². The van der Waals surface area contributed by atoms with E-state index < -0.39 is 15.4 Å². The molecule has 2 aliphatic rings. The predicted octanol–water partition coefficient (Wildman–Crippen LogP) is 2.33. The number of benzene rings is 1. The Balaban J connectivity index is 1.72. The number of sulfonamides is 1. The van der Waals surface area contributed by atoms with Crippen molar-refractivity contribution in [3.8, 4) is 0 Å². The van der Waals surface area contributed by atoms with Crippen LogP contribution < -0.4 is 5.32 Å². The molecule has 1 N–H and O–H groups in total. The van der Waals surface area contributed by atoms with Gasteiger partial charge in [0.2, 0.25) is 15.9 Å². The largest absolute Gasteiger partial charge is 0.379 e. The first-order valence-corrected chi connectivity index (χ1v) is 10.1. The summed E-state index contributed by atoms with van der Waals surface area (Å²) in [6.07, 6.45) is 1.06. The summed E-state index contributed by atoms with van der Waals surface area (Å²) in [6, 6.07) is 6.41. The number of amides is 1. The van der Waals surface area contributed by atoms with Crippen molar-refractivity contribution in [2.75, 3.05) is 31.6 Å². The lowest BCUT2D eigenvalue weighted by atomic mass is 9.87. The van der Waals surface area contributed by atoms with Crippen LogP contribution in [0.5, 0.6) is 0 Å². The standard InChI is InChI=1S/C18H26N2O4S/c1-13-8-14(2)10-20(9-13)25(22,23)16-6-4-15(5-7-16)19-17(21)18(3)11-24-12-18/h4-7,13-14H,8-12H2,1-3H3,(H,19,21). The summed E-state index contributed by atoms with van der Waals surface area (Å²) in [6.45, 7) is 7.97. The molecule has 3 rings (SSSR count). The molecule has 6 nitrogen and oxygen atoms in total. The zero-order valence-electron chi connectivity index (χ0n) is 15.0. The minimum atomic E-state index is -3.49. The zero-order chi connectivity index (χ0) is 18.2. The van der Waals surface area contributed by atoms with Crippen LogP contribution in [-0.4, -0.2) is 44.9 Å². The van der Waals surface area contributed by atoms with Crippen molar-refractivity contribution in [3.05, 3.63) is 24.3 Å². The summed E-state index contributed by atoms with van der Waals surface area (Å²) < 4.78 is 32.4. The summed E-state index contributed by atoms with van der Waals surface area (Å²) in [5.74, 6) is 0.623. The fraction of sp³-hybridized carbons (Fsp3) is 0.611. The first-order chi connectivity index (χ1) is 11.7. The smallest absolute Gasteiger partial charge is 0.243 e. The molecule has 1 aromatic carbocycles. The van der Waals surface area contributed by atoms with Gasteiger partial charge in [-0.05, 0) is 49.4 Å². The number of nitrogens with one attached hydrogen (secondary N) is 1. The monoisotopic (exact) mass is 366 g/mol. The number of ether oxygens (including phenoxy) is 1. The lowest BCUT2D eigenvalue weighted by Gasteiger charge is -2.36. The Morgan fingerprint density at radius 3 is 2.20 bits per heavy atom. The summed E-state index contributed by atoms with van der Waals surface area (Å²) in [5.41, 5.74) is 0.0997. The third-order valence-corrected chi connectivity index (χ3v) is 6.82. The highest BCUT2D eigenvalue weighted by molar-refractivity contribution is 7.89. The zero-order valence-corrected chi connectivity index (χ0v) is 15.8. The molecule has 0 aliphatic carbocycles. The van der Waals surface area contributed by atoms with Crippen molar-refractivity contribution in [2.45, 2.75) is 32.1 Å². The number of carbonyl (C=O) groups is 1. The Morgan fingerprint density at radius 2 is 1.72 bits per heavy atom. The molecule has 0 spiro atoms. The van der Waals surface area contributed by atoms with Crippen molar-refractivity contribution in [3.63, 3.8) is 0 Å². The maximum absolute atomic E-state index is 12.8. The van der Waals surface area contributed by atoms with Crippen LogP contribution in [0, 0.1) is 17.3 Å². The average molecular weight is 366 g/mol. The van der Waals surface area contributed by atoms with Crippen molar-refractivity contribution in [2.24, 2.45) is 17.3 Å². The van der Waals surface area contributed by atoms with Crippen LogP contribution >= 0.6 is 0 Å². The van der Waals surface area contributed by atoms with Crippen molar-refractivity contribution >= 4 is 21.6 Å². The Labute approximate surface area is 149 Å². The molecular weight excluding hydrogens is 340 g/mol. The first-order valence-electron chi connectivity index (χ1n) is 8.70. The van der Waals surface area contributed by atoms with E-state index >= 15 is 0 Å². The van der Waals surface area contributed by atoms with E-state index in [0.717, 1.165) is 6.42 Å². The second kappa shape index (κ2) is 6.70. The van der Waals surface area contributed by atoms with E-state index in [1.807, 2.05) is 6.92 Å². The number of piperidine rings is 1. The summed E-state index contributed by atoms with van der Waals surface area (Å²) in [4.78, 5) is 12.5. The maximum Gasteiger partial charge on any atom is 0.243 e. The predicted molar refractivity (Wildman–Crippen MR) is 95.7 cm³/mol. The van der Waals surface area contributed by atoms with Gasteiger partial charge in [0.05, 0.1) is 23.5 Å². The van der Waals surface area contributed by atoms with Gasteiger partial charge in [-0.15, -0.1) is 0 Å². The molecule has 1 amide bonds. The maximum atomic E-state index is 12.8. The Morgan fingerprint density at radius 1 is 1.16 bits per heavy atom. The quantitative estimate of drug-likeness (QED) is 0.887. The van der Waals surface area contributed by atoms with Gasteiger partial charge in [0, 0.05) is 18.8 Å². The first kappa shape index (κ1) is 18.4. The van der Waals surface area contributed by atoms with Gasteiger partial charge in [0.25, 0.3) is 0 Å². The van der Waals surface area contributed by atoms with Crippen molar-refractivity contribution in [1.82, 2.24) is 4.31 Å². The van der Waals surface area contributed by atoms with Crippen LogP contribution in [0.1, 0.15) is 27.2 Å². The molecule has 0 radical (unpaired) electrons. The van der Waals surface area contributed by atoms with Crippen LogP contribution in [0.4, 0.5) is 5.69 Å². The lowest BCUT2D eigenvalue weighted by molar-refractivity contribution is -0.151. The molecule has 7 heteroatoms. The van der Waals surface area contributed by atoms with Crippen LogP contribution in [0.3, 0.4) is 0 Å². The highest BCUT2D eigenvalue weighted by atomic mass is 32.2. The fourth-order valence-corrected chi connectivity index (χ4v) is 5.16. The van der Waals surface area contributed by atoms with Gasteiger partial charge in [-0.2, -0.15) is 4.31 Å². The van der Waals surface area contributed by atoms with E-state index in [-0.39, 0.29) is 10.8 Å². The number of hydrogen-bond donors (Lipinski definition) is 1. The normalized spacial score (nSPS) is 26.7. The van der Waals surface area contributed by atoms with Gasteiger partial charge in [-0.1, -0.05) is 13.8 Å². The molecule has 1 aromatic rings. The molecule has 2 unspecified atom stereocenters. The molecular formula is C18H26N2O4S. The van der Waals surface area contributed by atoms with E-state index in [1.165, 1.54) is 0 Å². The molecule has 0 aromatic heterocycles. The van der Waals surface area contributed by atoms with E-state index in [2.05, 4.69) is 19.2 Å². The molecule has 138 valence electrons. The van der Waals surface area contributed by atoms with Gasteiger partial charge in [0.1, 0.15) is 0 Å². The number of carbonyl (C=O) groups excluding carboxylic acids is 1. The van der Waals surface area contributed by atoms with Crippen LogP contribution in [0.2, 0.25) is 0 Å². The van der Waals surface area contributed by atoms with E-state index in [1.54, 1.807) is 28.6 Å². The summed E-state index contributed by atoms with van der Waals surface area (Å²) >= 11 is 0. The third-order valence-electron chi connectivity index (χ3n) is 4.97. The number of rotatable bonds is 4. The topological polar surface area (TPSA) is 75.7 Å².